The first-order chi connectivity index (χ1) is 11.7. The number of nitrogens with one attached hydrogen (secondary N) is 2. The highest BCUT2D eigenvalue weighted by Gasteiger charge is 2.40. The standard InChI is InChI=1S/C19H27N3O3/c1-13-7-6-10-22(12-13)18(25)19(3,4)17(24)21-16-9-5-8-15(11-16)20-14(2)23/h5,8-9,11,13H,6-7,10,12H2,1-4H3,(H,20,23)(H,21,24). The lowest BCUT2D eigenvalue weighted by atomic mass is 9.88. The first-order valence-electron chi connectivity index (χ1n) is 8.68. The molecule has 1 unspecified atom stereocenters. The van der Waals surface area contributed by atoms with E-state index >= 15 is 0 Å². The van der Waals surface area contributed by atoms with Gasteiger partial charge in [-0.1, -0.05) is 13.0 Å². The first kappa shape index (κ1) is 19.0. The molecule has 0 spiro atoms. The molecule has 1 aliphatic rings. The van der Waals surface area contributed by atoms with E-state index in [1.165, 1.54) is 6.92 Å². The minimum atomic E-state index is -1.15. The fourth-order valence-electron chi connectivity index (χ4n) is 3.03. The Hall–Kier alpha value is -2.37. The van der Waals surface area contributed by atoms with Gasteiger partial charge in [0.25, 0.3) is 0 Å². The quantitative estimate of drug-likeness (QED) is 0.824. The topological polar surface area (TPSA) is 78.5 Å². The van der Waals surface area contributed by atoms with E-state index in [0.29, 0.717) is 30.4 Å². The van der Waals surface area contributed by atoms with Crippen molar-refractivity contribution in [2.75, 3.05) is 23.7 Å². The number of benzene rings is 1. The highest BCUT2D eigenvalue weighted by Crippen LogP contribution is 2.26. The third kappa shape index (κ3) is 4.81. The second kappa shape index (κ2) is 7.68. The van der Waals surface area contributed by atoms with Crippen molar-refractivity contribution in [2.24, 2.45) is 11.3 Å². The van der Waals surface area contributed by atoms with Gasteiger partial charge in [0.1, 0.15) is 5.41 Å². The largest absolute Gasteiger partial charge is 0.342 e. The molecule has 1 heterocycles. The Morgan fingerprint density at radius 1 is 1.16 bits per heavy atom. The Balaban J connectivity index is 2.07. The molecular weight excluding hydrogens is 318 g/mol. The number of piperidine rings is 1. The molecule has 1 saturated heterocycles. The van der Waals surface area contributed by atoms with Crippen LogP contribution in [0.25, 0.3) is 0 Å². The molecule has 1 aromatic rings. The van der Waals surface area contributed by atoms with Crippen molar-refractivity contribution in [1.29, 1.82) is 0 Å². The lowest BCUT2D eigenvalue weighted by molar-refractivity contribution is -0.147. The molecule has 2 N–H and O–H groups in total. The Morgan fingerprint density at radius 3 is 2.40 bits per heavy atom. The molecule has 136 valence electrons. The van der Waals surface area contributed by atoms with Gasteiger partial charge in [-0.3, -0.25) is 14.4 Å². The van der Waals surface area contributed by atoms with E-state index in [1.54, 1.807) is 43.0 Å². The predicted octanol–water partition coefficient (Wildman–Crippen LogP) is 2.87. The fraction of sp³-hybridized carbons (Fsp3) is 0.526. The molecule has 0 saturated carbocycles. The zero-order valence-corrected chi connectivity index (χ0v) is 15.4. The third-order valence-corrected chi connectivity index (χ3v) is 4.49. The molecule has 1 fully saturated rings. The molecule has 0 radical (unpaired) electrons. The van der Waals surface area contributed by atoms with Crippen LogP contribution in [-0.2, 0) is 14.4 Å². The molecule has 1 atom stereocenters. The molecule has 2 rings (SSSR count). The van der Waals surface area contributed by atoms with Gasteiger partial charge in [-0.25, -0.2) is 0 Å². The van der Waals surface area contributed by atoms with E-state index in [0.717, 1.165) is 12.8 Å². The summed E-state index contributed by atoms with van der Waals surface area (Å²) in [7, 11) is 0. The summed E-state index contributed by atoms with van der Waals surface area (Å²) in [5.41, 5.74) is -0.00966. The Kier molecular flexibility index (Phi) is 5.82. The van der Waals surface area contributed by atoms with Crippen molar-refractivity contribution in [2.45, 2.75) is 40.5 Å². The first-order valence-corrected chi connectivity index (χ1v) is 8.68. The normalized spacial score (nSPS) is 17.8. The summed E-state index contributed by atoms with van der Waals surface area (Å²) in [6.45, 7) is 8.27. The zero-order valence-electron chi connectivity index (χ0n) is 15.4. The van der Waals surface area contributed by atoms with Crippen LogP contribution in [0.2, 0.25) is 0 Å². The van der Waals surface area contributed by atoms with Crippen molar-refractivity contribution in [3.8, 4) is 0 Å². The van der Waals surface area contributed by atoms with Crippen molar-refractivity contribution in [3.05, 3.63) is 24.3 Å². The number of anilines is 2. The third-order valence-electron chi connectivity index (χ3n) is 4.49. The van der Waals surface area contributed by atoms with Crippen LogP contribution in [0.4, 0.5) is 11.4 Å². The van der Waals surface area contributed by atoms with Crippen LogP contribution in [-0.4, -0.2) is 35.7 Å². The molecule has 3 amide bonds. The summed E-state index contributed by atoms with van der Waals surface area (Å²) in [5.74, 6) is -0.214. The van der Waals surface area contributed by atoms with Crippen LogP contribution in [0.1, 0.15) is 40.5 Å². The van der Waals surface area contributed by atoms with Crippen LogP contribution in [0.3, 0.4) is 0 Å². The number of carbonyl (C=O) groups excluding carboxylic acids is 3. The van der Waals surface area contributed by atoms with Gasteiger partial charge in [-0.2, -0.15) is 0 Å². The van der Waals surface area contributed by atoms with E-state index in [1.807, 2.05) is 0 Å². The molecule has 6 nitrogen and oxygen atoms in total. The minimum Gasteiger partial charge on any atom is -0.342 e. The van der Waals surface area contributed by atoms with E-state index in [2.05, 4.69) is 17.6 Å². The van der Waals surface area contributed by atoms with Crippen LogP contribution >= 0.6 is 0 Å². The number of rotatable bonds is 4. The van der Waals surface area contributed by atoms with E-state index in [9.17, 15) is 14.4 Å². The average Bonchev–Trinajstić information content (AvgIpc) is 2.53. The van der Waals surface area contributed by atoms with Gasteiger partial charge in [-0.15, -0.1) is 0 Å². The summed E-state index contributed by atoms with van der Waals surface area (Å²) >= 11 is 0. The molecule has 1 aromatic carbocycles. The van der Waals surface area contributed by atoms with Gasteiger partial charge in [-0.05, 0) is 50.8 Å². The maximum atomic E-state index is 12.8. The van der Waals surface area contributed by atoms with E-state index in [4.69, 9.17) is 0 Å². The monoisotopic (exact) mass is 345 g/mol. The van der Waals surface area contributed by atoms with E-state index in [-0.39, 0.29) is 17.7 Å². The highest BCUT2D eigenvalue weighted by molar-refractivity contribution is 6.10. The van der Waals surface area contributed by atoms with Crippen molar-refractivity contribution < 1.29 is 14.4 Å². The smallest absolute Gasteiger partial charge is 0.239 e. The van der Waals surface area contributed by atoms with E-state index < -0.39 is 5.41 Å². The van der Waals surface area contributed by atoms with Crippen molar-refractivity contribution in [3.63, 3.8) is 0 Å². The second-order valence-electron chi connectivity index (χ2n) is 7.34. The van der Waals surface area contributed by atoms with Crippen molar-refractivity contribution in [1.82, 2.24) is 4.90 Å². The summed E-state index contributed by atoms with van der Waals surface area (Å²) < 4.78 is 0. The molecule has 6 heteroatoms. The summed E-state index contributed by atoms with van der Waals surface area (Å²) in [6.07, 6.45) is 2.09. The van der Waals surface area contributed by atoms with Gasteiger partial charge in [0.2, 0.25) is 17.7 Å². The lowest BCUT2D eigenvalue weighted by Gasteiger charge is -2.36. The van der Waals surface area contributed by atoms with Gasteiger partial charge in [0, 0.05) is 31.4 Å². The number of carbonyl (C=O) groups is 3. The SMILES string of the molecule is CC(=O)Nc1cccc(NC(=O)C(C)(C)C(=O)N2CCCC(C)C2)c1. The number of hydrogen-bond acceptors (Lipinski definition) is 3. The van der Waals surface area contributed by atoms with Gasteiger partial charge in [0.05, 0.1) is 0 Å². The maximum absolute atomic E-state index is 12.8. The molecule has 0 aromatic heterocycles. The van der Waals surface area contributed by atoms with Gasteiger partial charge >= 0.3 is 0 Å². The predicted molar refractivity (Wildman–Crippen MR) is 98.1 cm³/mol. The zero-order chi connectivity index (χ0) is 18.6. The molecule has 25 heavy (non-hydrogen) atoms. The number of nitrogens with zero attached hydrogens (tertiary/aromatic N) is 1. The number of likely N-dealkylation sites (tertiary alicyclic amines) is 1. The van der Waals surface area contributed by atoms with Gasteiger partial charge < -0.3 is 15.5 Å². The summed E-state index contributed by atoms with van der Waals surface area (Å²) in [5, 5.41) is 5.46. The molecular formula is C19H27N3O3. The van der Waals surface area contributed by atoms with Crippen molar-refractivity contribution >= 4 is 29.1 Å². The number of hydrogen-bond donors (Lipinski definition) is 2. The molecule has 1 aliphatic heterocycles. The molecule has 0 bridgehead atoms. The summed E-state index contributed by atoms with van der Waals surface area (Å²) in [4.78, 5) is 38.4. The fourth-order valence-corrected chi connectivity index (χ4v) is 3.03. The summed E-state index contributed by atoms with van der Waals surface area (Å²) in [6, 6.07) is 6.88. The second-order valence-corrected chi connectivity index (χ2v) is 7.34. The number of amides is 3. The van der Waals surface area contributed by atoms with Crippen LogP contribution < -0.4 is 10.6 Å². The van der Waals surface area contributed by atoms with Crippen LogP contribution in [0, 0.1) is 11.3 Å². The Bertz CT molecular complexity index is 670. The highest BCUT2D eigenvalue weighted by atomic mass is 16.2. The minimum absolute atomic E-state index is 0.144. The van der Waals surface area contributed by atoms with Gasteiger partial charge in [0.15, 0.2) is 0 Å². The average molecular weight is 345 g/mol. The van der Waals surface area contributed by atoms with Crippen LogP contribution in [0.15, 0.2) is 24.3 Å². The Labute approximate surface area is 149 Å². The maximum Gasteiger partial charge on any atom is 0.239 e. The van der Waals surface area contributed by atoms with Crippen LogP contribution in [0.5, 0.6) is 0 Å². The lowest BCUT2D eigenvalue weighted by Crippen LogP contribution is -2.50. The Morgan fingerprint density at radius 2 is 1.80 bits per heavy atom. The molecule has 0 aliphatic carbocycles.